The van der Waals surface area contributed by atoms with Crippen LogP contribution in [-0.2, 0) is 12.8 Å². The second-order valence-electron chi connectivity index (χ2n) is 11.3. The maximum absolute atomic E-state index is 14.8. The molecule has 2 aromatic rings. The summed E-state index contributed by atoms with van der Waals surface area (Å²) >= 11 is 0. The van der Waals surface area contributed by atoms with Crippen LogP contribution in [0.2, 0.25) is 0 Å². The van der Waals surface area contributed by atoms with Crippen LogP contribution in [0, 0.1) is 17.7 Å². The lowest BCUT2D eigenvalue weighted by molar-refractivity contribution is 0.248. The Bertz CT molecular complexity index is 813. The van der Waals surface area contributed by atoms with E-state index in [1.165, 1.54) is 102 Å². The average molecular weight is 479 g/mol. The molecule has 0 N–H and O–H groups in total. The molecule has 194 valence electrons. The molecule has 0 saturated heterocycles. The largest absolute Gasteiger partial charge is 0.206 e. The summed E-state index contributed by atoms with van der Waals surface area (Å²) in [7, 11) is 0. The molecule has 2 aromatic carbocycles. The maximum Gasteiger partial charge on any atom is 0.131 e. The number of aryl methyl sites for hydroxylation is 2. The van der Waals surface area contributed by atoms with Crippen LogP contribution in [0.1, 0.15) is 128 Å². The first-order valence-corrected chi connectivity index (χ1v) is 15.1. The first kappa shape index (κ1) is 27.9. The quantitative estimate of drug-likeness (QED) is 0.210. The Hall–Kier alpha value is -1.63. The summed E-state index contributed by atoms with van der Waals surface area (Å²) in [6.07, 6.45) is 24.0. The van der Waals surface area contributed by atoms with Gasteiger partial charge in [-0.3, -0.25) is 0 Å². The molecule has 0 bridgehead atoms. The van der Waals surface area contributed by atoms with Crippen molar-refractivity contribution in [2.24, 2.45) is 11.8 Å². The van der Waals surface area contributed by atoms with Crippen molar-refractivity contribution in [3.63, 3.8) is 0 Å². The smallest absolute Gasteiger partial charge is 0.131 e. The molecule has 0 aliphatic heterocycles. The SMILES string of the molecule is CCCCCCCc1ccc(-c2ccc(CCC3CCC(CCCCCCC)CC3)cc2)c(F)c1. The van der Waals surface area contributed by atoms with Gasteiger partial charge in [-0.2, -0.15) is 0 Å². The fourth-order valence-electron chi connectivity index (χ4n) is 5.95. The van der Waals surface area contributed by atoms with E-state index in [4.69, 9.17) is 0 Å². The van der Waals surface area contributed by atoms with E-state index in [0.717, 1.165) is 47.8 Å². The van der Waals surface area contributed by atoms with E-state index in [9.17, 15) is 4.39 Å². The van der Waals surface area contributed by atoms with Crippen molar-refractivity contribution in [3.05, 3.63) is 59.4 Å². The molecule has 0 spiro atoms. The molecule has 0 radical (unpaired) electrons. The molecule has 0 heterocycles. The van der Waals surface area contributed by atoms with Crippen LogP contribution in [0.25, 0.3) is 11.1 Å². The predicted molar refractivity (Wildman–Crippen MR) is 151 cm³/mol. The van der Waals surface area contributed by atoms with Gasteiger partial charge < -0.3 is 0 Å². The van der Waals surface area contributed by atoms with Gasteiger partial charge in [0.25, 0.3) is 0 Å². The molecule has 1 saturated carbocycles. The van der Waals surface area contributed by atoms with Gasteiger partial charge >= 0.3 is 0 Å². The minimum absolute atomic E-state index is 0.0778. The average Bonchev–Trinajstić information content (AvgIpc) is 2.88. The van der Waals surface area contributed by atoms with Crippen molar-refractivity contribution in [1.29, 1.82) is 0 Å². The van der Waals surface area contributed by atoms with Crippen molar-refractivity contribution in [2.75, 3.05) is 0 Å². The number of hydrogen-bond acceptors (Lipinski definition) is 0. The summed E-state index contributed by atoms with van der Waals surface area (Å²) in [6, 6.07) is 14.5. The molecule has 0 amide bonds. The van der Waals surface area contributed by atoms with Crippen LogP contribution in [0.5, 0.6) is 0 Å². The predicted octanol–water partition coefficient (Wildman–Crippen LogP) is 11.1. The summed E-state index contributed by atoms with van der Waals surface area (Å²) in [5, 5.41) is 0. The van der Waals surface area contributed by atoms with E-state index in [-0.39, 0.29) is 5.82 Å². The zero-order valence-electron chi connectivity index (χ0n) is 22.8. The summed E-state index contributed by atoms with van der Waals surface area (Å²) in [5.74, 6) is 1.82. The normalized spacial score (nSPS) is 18.1. The topological polar surface area (TPSA) is 0 Å². The molecule has 0 nitrogen and oxygen atoms in total. The van der Waals surface area contributed by atoms with Crippen molar-refractivity contribution in [3.8, 4) is 11.1 Å². The molecule has 0 unspecified atom stereocenters. The van der Waals surface area contributed by atoms with Gasteiger partial charge in [0.15, 0.2) is 0 Å². The van der Waals surface area contributed by atoms with Crippen LogP contribution in [0.4, 0.5) is 4.39 Å². The zero-order chi connectivity index (χ0) is 24.7. The van der Waals surface area contributed by atoms with Crippen molar-refractivity contribution < 1.29 is 4.39 Å². The van der Waals surface area contributed by atoms with Crippen LogP contribution in [0.3, 0.4) is 0 Å². The second-order valence-corrected chi connectivity index (χ2v) is 11.3. The van der Waals surface area contributed by atoms with Gasteiger partial charge in [-0.25, -0.2) is 4.39 Å². The molecule has 3 rings (SSSR count). The molecule has 0 aromatic heterocycles. The lowest BCUT2D eigenvalue weighted by Crippen LogP contribution is -2.15. The van der Waals surface area contributed by atoms with Gasteiger partial charge in [0.2, 0.25) is 0 Å². The second kappa shape index (κ2) is 16.2. The molecule has 0 atom stereocenters. The monoisotopic (exact) mass is 478 g/mol. The van der Waals surface area contributed by atoms with E-state index in [1.54, 1.807) is 6.07 Å². The zero-order valence-corrected chi connectivity index (χ0v) is 22.8. The number of hydrogen-bond donors (Lipinski definition) is 0. The highest BCUT2D eigenvalue weighted by Gasteiger charge is 2.20. The van der Waals surface area contributed by atoms with Crippen molar-refractivity contribution >= 4 is 0 Å². The number of unbranched alkanes of at least 4 members (excludes halogenated alkanes) is 8. The number of rotatable bonds is 16. The highest BCUT2D eigenvalue weighted by Crippen LogP contribution is 2.34. The first-order valence-electron chi connectivity index (χ1n) is 15.1. The molecule has 35 heavy (non-hydrogen) atoms. The Morgan fingerprint density at radius 2 is 1.17 bits per heavy atom. The summed E-state index contributed by atoms with van der Waals surface area (Å²) in [4.78, 5) is 0. The summed E-state index contributed by atoms with van der Waals surface area (Å²) in [5.41, 5.74) is 4.26. The Balaban J connectivity index is 1.38. The first-order chi connectivity index (χ1) is 17.2. The highest BCUT2D eigenvalue weighted by atomic mass is 19.1. The Morgan fingerprint density at radius 1 is 0.600 bits per heavy atom. The van der Waals surface area contributed by atoms with Crippen LogP contribution < -0.4 is 0 Å². The molecule has 1 aliphatic carbocycles. The van der Waals surface area contributed by atoms with Crippen molar-refractivity contribution in [2.45, 2.75) is 129 Å². The van der Waals surface area contributed by atoms with Gasteiger partial charge in [-0.05, 0) is 60.3 Å². The standard InChI is InChI=1S/C34H51F/c1-3-5-7-9-11-13-28-15-17-29(18-16-28)19-20-30-21-24-32(25-22-30)33-26-23-31(27-34(33)35)14-12-10-8-6-4-2/h21-29H,3-20H2,1-2H3. The third-order valence-electron chi connectivity index (χ3n) is 8.39. The molecule has 1 aliphatic rings. The van der Waals surface area contributed by atoms with Crippen LogP contribution in [0.15, 0.2) is 42.5 Å². The third kappa shape index (κ3) is 10.1. The van der Waals surface area contributed by atoms with E-state index >= 15 is 0 Å². The summed E-state index contributed by atoms with van der Waals surface area (Å²) in [6.45, 7) is 4.54. The molecular formula is C34H51F. The summed E-state index contributed by atoms with van der Waals surface area (Å²) < 4.78 is 14.8. The number of benzene rings is 2. The van der Waals surface area contributed by atoms with Crippen LogP contribution in [-0.4, -0.2) is 0 Å². The molecule has 1 fully saturated rings. The minimum Gasteiger partial charge on any atom is -0.206 e. The highest BCUT2D eigenvalue weighted by molar-refractivity contribution is 5.64. The number of halogens is 1. The van der Waals surface area contributed by atoms with Crippen molar-refractivity contribution in [1.82, 2.24) is 0 Å². The Labute approximate surface area is 216 Å². The maximum atomic E-state index is 14.8. The lowest BCUT2D eigenvalue weighted by atomic mass is 9.77. The van der Waals surface area contributed by atoms with Gasteiger partial charge in [0.1, 0.15) is 5.82 Å². The van der Waals surface area contributed by atoms with E-state index in [0.29, 0.717) is 0 Å². The van der Waals surface area contributed by atoms with Gasteiger partial charge in [0, 0.05) is 5.56 Å². The van der Waals surface area contributed by atoms with Gasteiger partial charge in [0.05, 0.1) is 0 Å². The van der Waals surface area contributed by atoms with Crippen LogP contribution >= 0.6 is 0 Å². The minimum atomic E-state index is -0.0778. The fourth-order valence-corrected chi connectivity index (χ4v) is 5.95. The molecular weight excluding hydrogens is 427 g/mol. The Morgan fingerprint density at radius 3 is 1.80 bits per heavy atom. The Kier molecular flexibility index (Phi) is 12.9. The van der Waals surface area contributed by atoms with E-state index in [2.05, 4.69) is 44.2 Å². The van der Waals surface area contributed by atoms with Gasteiger partial charge in [-0.15, -0.1) is 0 Å². The van der Waals surface area contributed by atoms with Gasteiger partial charge in [-0.1, -0.05) is 140 Å². The molecule has 1 heteroatoms. The van der Waals surface area contributed by atoms with E-state index in [1.807, 2.05) is 6.07 Å². The fraction of sp³-hybridized carbons (Fsp3) is 0.647. The third-order valence-corrected chi connectivity index (χ3v) is 8.39. The van der Waals surface area contributed by atoms with E-state index < -0.39 is 0 Å². The lowest BCUT2D eigenvalue weighted by Gasteiger charge is -2.28.